The number of H-pyrrole nitrogens is 1. The summed E-state index contributed by atoms with van der Waals surface area (Å²) in [5.74, 6) is 0.616. The second-order valence-corrected chi connectivity index (χ2v) is 7.46. The van der Waals surface area contributed by atoms with Gasteiger partial charge in [0.1, 0.15) is 0 Å². The van der Waals surface area contributed by atoms with Crippen molar-refractivity contribution in [2.45, 2.75) is 51.0 Å². The van der Waals surface area contributed by atoms with Gasteiger partial charge in [0.15, 0.2) is 6.29 Å². The average molecular weight is 326 g/mol. The molecule has 2 saturated heterocycles. The van der Waals surface area contributed by atoms with E-state index in [1.54, 1.807) is 5.56 Å². The van der Waals surface area contributed by atoms with Crippen LogP contribution in [-0.2, 0) is 15.9 Å². The monoisotopic (exact) mass is 326 g/mol. The van der Waals surface area contributed by atoms with Crippen LogP contribution in [0.3, 0.4) is 0 Å². The normalized spacial score (nSPS) is 30.8. The highest BCUT2D eigenvalue weighted by Crippen LogP contribution is 2.48. The molecule has 4 heterocycles. The lowest BCUT2D eigenvalue weighted by atomic mass is 9.88. The van der Waals surface area contributed by atoms with Gasteiger partial charge >= 0.3 is 0 Å². The smallest absolute Gasteiger partial charge is 0.158 e. The second kappa shape index (κ2) is 5.87. The van der Waals surface area contributed by atoms with Gasteiger partial charge < -0.3 is 14.5 Å². The Balaban J connectivity index is 1.53. The van der Waals surface area contributed by atoms with Crippen LogP contribution in [0, 0.1) is 5.92 Å². The molecule has 4 nitrogen and oxygen atoms in total. The molecule has 1 aromatic heterocycles. The van der Waals surface area contributed by atoms with Crippen LogP contribution in [0.5, 0.6) is 0 Å². The Bertz CT molecular complexity index is 734. The van der Waals surface area contributed by atoms with E-state index in [4.69, 9.17) is 9.47 Å². The highest BCUT2D eigenvalue weighted by atomic mass is 16.7. The third kappa shape index (κ3) is 2.24. The van der Waals surface area contributed by atoms with Crippen molar-refractivity contribution in [3.63, 3.8) is 0 Å². The first-order valence-electron chi connectivity index (χ1n) is 9.43. The zero-order chi connectivity index (χ0) is 16.1. The molecule has 0 bridgehead atoms. The van der Waals surface area contributed by atoms with E-state index >= 15 is 0 Å². The number of ether oxygens (including phenoxy) is 2. The quantitative estimate of drug-likeness (QED) is 0.936. The summed E-state index contributed by atoms with van der Waals surface area (Å²) in [5.41, 5.74) is 4.29. The number of nitrogens with one attached hydrogen (secondary N) is 1. The van der Waals surface area contributed by atoms with Crippen LogP contribution >= 0.6 is 0 Å². The van der Waals surface area contributed by atoms with Crippen molar-refractivity contribution in [1.29, 1.82) is 0 Å². The van der Waals surface area contributed by atoms with Crippen molar-refractivity contribution in [2.24, 2.45) is 5.92 Å². The van der Waals surface area contributed by atoms with E-state index in [1.165, 1.54) is 36.0 Å². The number of fused-ring (bicyclic) bond motifs is 5. The first-order chi connectivity index (χ1) is 11.8. The zero-order valence-electron chi connectivity index (χ0n) is 14.3. The molecule has 0 amide bonds. The number of hydrogen-bond donors (Lipinski definition) is 1. The lowest BCUT2D eigenvalue weighted by molar-refractivity contribution is -0.0600. The second-order valence-electron chi connectivity index (χ2n) is 7.46. The van der Waals surface area contributed by atoms with E-state index in [2.05, 4.69) is 41.1 Å². The van der Waals surface area contributed by atoms with E-state index < -0.39 is 0 Å². The van der Waals surface area contributed by atoms with Crippen LogP contribution in [0.25, 0.3) is 10.9 Å². The van der Waals surface area contributed by atoms with Gasteiger partial charge in [-0.1, -0.05) is 25.1 Å². The van der Waals surface area contributed by atoms with Crippen LogP contribution in [0.15, 0.2) is 24.3 Å². The van der Waals surface area contributed by atoms with E-state index in [0.29, 0.717) is 18.0 Å². The Kier molecular flexibility index (Phi) is 3.65. The number of nitrogens with zero attached hydrogens (tertiary/aromatic N) is 1. The Morgan fingerprint density at radius 1 is 1.21 bits per heavy atom. The Morgan fingerprint density at radius 3 is 2.88 bits per heavy atom. The van der Waals surface area contributed by atoms with Crippen LogP contribution < -0.4 is 0 Å². The molecule has 128 valence electrons. The maximum atomic E-state index is 5.76. The lowest BCUT2D eigenvalue weighted by Crippen LogP contribution is -2.37. The van der Waals surface area contributed by atoms with Gasteiger partial charge in [0.05, 0.1) is 19.3 Å². The summed E-state index contributed by atoms with van der Waals surface area (Å²) in [4.78, 5) is 6.51. The van der Waals surface area contributed by atoms with Crippen molar-refractivity contribution < 1.29 is 9.47 Å². The van der Waals surface area contributed by atoms with Crippen molar-refractivity contribution in [1.82, 2.24) is 9.88 Å². The van der Waals surface area contributed by atoms with Gasteiger partial charge in [-0.05, 0) is 36.8 Å². The van der Waals surface area contributed by atoms with Gasteiger partial charge in [-0.3, -0.25) is 4.90 Å². The summed E-state index contributed by atoms with van der Waals surface area (Å²) < 4.78 is 11.5. The fourth-order valence-electron chi connectivity index (χ4n) is 5.24. The molecule has 1 aromatic carbocycles. The van der Waals surface area contributed by atoms with Crippen LogP contribution in [0.4, 0.5) is 0 Å². The van der Waals surface area contributed by atoms with E-state index in [9.17, 15) is 0 Å². The highest BCUT2D eigenvalue weighted by Gasteiger charge is 2.46. The molecule has 2 aromatic rings. The number of para-hydroxylation sites is 1. The minimum atomic E-state index is 0.00205. The van der Waals surface area contributed by atoms with E-state index in [1.807, 2.05) is 0 Å². The maximum absolute atomic E-state index is 5.76. The Morgan fingerprint density at radius 2 is 2.04 bits per heavy atom. The van der Waals surface area contributed by atoms with Crippen molar-refractivity contribution in [3.8, 4) is 0 Å². The standard InChI is InChI=1S/C20H26N2O2/c1-2-14-11-13(12-18-23-9-10-24-18)20-19-16(7-8-22(14)20)15-5-3-4-6-17(15)21-19/h3-6,13-14,18,20-21H,2,7-12H2,1H3/t13-,14-,20-/m0/s1. The zero-order valence-corrected chi connectivity index (χ0v) is 14.3. The van der Waals surface area contributed by atoms with Crippen LogP contribution in [-0.4, -0.2) is 42.0 Å². The lowest BCUT2D eigenvalue weighted by Gasteiger charge is -2.35. The summed E-state index contributed by atoms with van der Waals surface area (Å²) >= 11 is 0. The summed E-state index contributed by atoms with van der Waals surface area (Å²) in [6, 6.07) is 9.96. The molecule has 0 radical (unpaired) electrons. The maximum Gasteiger partial charge on any atom is 0.158 e. The molecule has 4 heteroatoms. The van der Waals surface area contributed by atoms with Crippen molar-refractivity contribution in [3.05, 3.63) is 35.5 Å². The predicted molar refractivity (Wildman–Crippen MR) is 93.9 cm³/mol. The van der Waals surface area contributed by atoms with Gasteiger partial charge in [-0.25, -0.2) is 0 Å². The van der Waals surface area contributed by atoms with Gasteiger partial charge in [0.25, 0.3) is 0 Å². The molecule has 24 heavy (non-hydrogen) atoms. The number of aromatic amines is 1. The number of benzene rings is 1. The molecule has 0 spiro atoms. The molecule has 3 aliphatic heterocycles. The topological polar surface area (TPSA) is 37.5 Å². The van der Waals surface area contributed by atoms with Crippen molar-refractivity contribution in [2.75, 3.05) is 19.8 Å². The minimum absolute atomic E-state index is 0.00205. The molecule has 2 fully saturated rings. The molecule has 5 rings (SSSR count). The predicted octanol–water partition coefficient (Wildman–Crippen LogP) is 3.63. The third-order valence-corrected chi connectivity index (χ3v) is 6.27. The van der Waals surface area contributed by atoms with Crippen LogP contribution in [0.2, 0.25) is 0 Å². The molecule has 0 aliphatic carbocycles. The Labute approximate surface area is 143 Å². The summed E-state index contributed by atoms with van der Waals surface area (Å²) in [7, 11) is 0. The Hall–Kier alpha value is -1.36. The molecule has 0 unspecified atom stereocenters. The summed E-state index contributed by atoms with van der Waals surface area (Å²) in [5, 5.41) is 1.42. The molecule has 0 saturated carbocycles. The van der Waals surface area contributed by atoms with E-state index in [-0.39, 0.29) is 6.29 Å². The number of hydrogen-bond acceptors (Lipinski definition) is 3. The van der Waals surface area contributed by atoms with Gasteiger partial charge in [0.2, 0.25) is 0 Å². The minimum Gasteiger partial charge on any atom is -0.357 e. The fraction of sp³-hybridized carbons (Fsp3) is 0.600. The van der Waals surface area contributed by atoms with Gasteiger partial charge in [-0.15, -0.1) is 0 Å². The molecular formula is C20H26N2O2. The van der Waals surface area contributed by atoms with Crippen LogP contribution in [0.1, 0.15) is 43.5 Å². The third-order valence-electron chi connectivity index (χ3n) is 6.27. The molecule has 1 N–H and O–H groups in total. The first kappa shape index (κ1) is 14.9. The molecule has 3 atom stereocenters. The first-order valence-corrected chi connectivity index (χ1v) is 9.43. The summed E-state index contributed by atoms with van der Waals surface area (Å²) in [6.45, 7) is 5.01. The SMILES string of the molecule is CC[C@H]1C[C@@H](CC2OCCO2)[C@H]2c3[nH]c4ccccc4c3CCN12. The highest BCUT2D eigenvalue weighted by molar-refractivity contribution is 5.85. The largest absolute Gasteiger partial charge is 0.357 e. The summed E-state index contributed by atoms with van der Waals surface area (Å²) in [6.07, 6.45) is 4.68. The van der Waals surface area contributed by atoms with Crippen molar-refractivity contribution >= 4 is 10.9 Å². The number of aromatic nitrogens is 1. The average Bonchev–Trinajstić information content (AvgIpc) is 3.31. The van der Waals surface area contributed by atoms with Gasteiger partial charge in [-0.2, -0.15) is 0 Å². The molecular weight excluding hydrogens is 300 g/mol. The molecule has 3 aliphatic rings. The van der Waals surface area contributed by atoms with Gasteiger partial charge in [0, 0.05) is 35.6 Å². The fourth-order valence-corrected chi connectivity index (χ4v) is 5.24. The number of rotatable bonds is 3. The van der Waals surface area contributed by atoms with E-state index in [0.717, 1.165) is 26.1 Å².